The normalized spacial score (nSPS) is 20.7. The third-order valence-electron chi connectivity index (χ3n) is 4.39. The van der Waals surface area contributed by atoms with Crippen molar-refractivity contribution in [3.8, 4) is 5.75 Å². The van der Waals surface area contributed by atoms with Crippen LogP contribution < -0.4 is 4.74 Å². The first kappa shape index (κ1) is 18.2. The SMILES string of the molecule is COCC1(C(=O)O)CCCN(C(=O)Cc2cc(F)ccc2OC)C1. The molecule has 0 radical (unpaired) electrons. The van der Waals surface area contributed by atoms with Crippen molar-refractivity contribution < 1.29 is 28.6 Å². The fourth-order valence-electron chi connectivity index (χ4n) is 3.14. The van der Waals surface area contributed by atoms with Gasteiger partial charge in [0.2, 0.25) is 5.91 Å². The second-order valence-corrected chi connectivity index (χ2v) is 6.07. The van der Waals surface area contributed by atoms with Gasteiger partial charge in [-0.25, -0.2) is 4.39 Å². The van der Waals surface area contributed by atoms with Crippen LogP contribution in [-0.2, 0) is 20.7 Å². The van der Waals surface area contributed by atoms with Gasteiger partial charge >= 0.3 is 5.97 Å². The summed E-state index contributed by atoms with van der Waals surface area (Å²) in [6.45, 7) is 0.622. The van der Waals surface area contributed by atoms with Gasteiger partial charge < -0.3 is 19.5 Å². The van der Waals surface area contributed by atoms with Gasteiger partial charge in [-0.2, -0.15) is 0 Å². The smallest absolute Gasteiger partial charge is 0.313 e. The topological polar surface area (TPSA) is 76.1 Å². The number of aliphatic carboxylic acids is 1. The Kier molecular flexibility index (Phi) is 5.77. The molecule has 1 aromatic rings. The number of carboxylic acids is 1. The summed E-state index contributed by atoms with van der Waals surface area (Å²) in [4.78, 5) is 25.7. The molecule has 24 heavy (non-hydrogen) atoms. The molecule has 1 aliphatic heterocycles. The number of carbonyl (C=O) groups excluding carboxylic acids is 1. The number of hydrogen-bond donors (Lipinski definition) is 1. The molecule has 1 fully saturated rings. The van der Waals surface area contributed by atoms with Gasteiger partial charge in [-0.05, 0) is 31.0 Å². The van der Waals surface area contributed by atoms with Gasteiger partial charge in [0, 0.05) is 25.8 Å². The van der Waals surface area contributed by atoms with E-state index in [1.165, 1.54) is 37.3 Å². The van der Waals surface area contributed by atoms with Crippen LogP contribution in [-0.4, -0.2) is 55.8 Å². The summed E-state index contributed by atoms with van der Waals surface area (Å²) in [5, 5.41) is 9.54. The summed E-state index contributed by atoms with van der Waals surface area (Å²) in [5.41, 5.74) is -0.643. The Morgan fingerprint density at radius 2 is 2.12 bits per heavy atom. The molecule has 1 aromatic carbocycles. The third-order valence-corrected chi connectivity index (χ3v) is 4.39. The Balaban J connectivity index is 2.15. The predicted octanol–water partition coefficient (Wildman–Crippen LogP) is 1.72. The van der Waals surface area contributed by atoms with E-state index in [9.17, 15) is 19.1 Å². The zero-order chi connectivity index (χ0) is 17.7. The zero-order valence-corrected chi connectivity index (χ0v) is 13.9. The number of amides is 1. The molecule has 1 saturated heterocycles. The lowest BCUT2D eigenvalue weighted by atomic mass is 9.80. The number of methoxy groups -OCH3 is 2. The maximum atomic E-state index is 13.4. The minimum Gasteiger partial charge on any atom is -0.496 e. The molecule has 0 spiro atoms. The van der Waals surface area contributed by atoms with Crippen LogP contribution in [0, 0.1) is 11.2 Å². The summed E-state index contributed by atoms with van der Waals surface area (Å²) in [6, 6.07) is 4.00. The number of rotatable bonds is 6. The zero-order valence-electron chi connectivity index (χ0n) is 13.9. The van der Waals surface area contributed by atoms with Crippen LogP contribution in [0.15, 0.2) is 18.2 Å². The highest BCUT2D eigenvalue weighted by Gasteiger charge is 2.43. The third kappa shape index (κ3) is 3.84. The molecule has 1 aliphatic rings. The fraction of sp³-hybridized carbons (Fsp3) is 0.529. The molecule has 0 aromatic heterocycles. The predicted molar refractivity (Wildman–Crippen MR) is 84.4 cm³/mol. The van der Waals surface area contributed by atoms with Gasteiger partial charge in [-0.15, -0.1) is 0 Å². The van der Waals surface area contributed by atoms with Crippen LogP contribution in [0.25, 0.3) is 0 Å². The molecule has 1 unspecified atom stereocenters. The highest BCUT2D eigenvalue weighted by atomic mass is 19.1. The van der Waals surface area contributed by atoms with Crippen molar-refractivity contribution in [3.05, 3.63) is 29.6 Å². The summed E-state index contributed by atoms with van der Waals surface area (Å²) in [5.74, 6) is -1.23. The minimum absolute atomic E-state index is 0.0381. The van der Waals surface area contributed by atoms with E-state index in [-0.39, 0.29) is 25.5 Å². The van der Waals surface area contributed by atoms with Crippen LogP contribution in [0.5, 0.6) is 5.75 Å². The molecule has 1 amide bonds. The highest BCUT2D eigenvalue weighted by molar-refractivity contribution is 5.82. The van der Waals surface area contributed by atoms with Gasteiger partial charge in [0.1, 0.15) is 17.0 Å². The maximum absolute atomic E-state index is 13.4. The van der Waals surface area contributed by atoms with Gasteiger partial charge in [0.05, 0.1) is 20.1 Å². The minimum atomic E-state index is -1.09. The molecule has 6 nitrogen and oxygen atoms in total. The van der Waals surface area contributed by atoms with E-state index in [1.54, 1.807) is 0 Å². The van der Waals surface area contributed by atoms with Gasteiger partial charge in [0.15, 0.2) is 0 Å². The molecule has 1 atom stereocenters. The Morgan fingerprint density at radius 1 is 1.38 bits per heavy atom. The molecule has 7 heteroatoms. The van der Waals surface area contributed by atoms with E-state index in [2.05, 4.69) is 0 Å². The van der Waals surface area contributed by atoms with Crippen molar-refractivity contribution in [3.63, 3.8) is 0 Å². The van der Waals surface area contributed by atoms with Crippen LogP contribution >= 0.6 is 0 Å². The molecule has 1 heterocycles. The number of ether oxygens (including phenoxy) is 2. The number of carboxylic acid groups (broad SMARTS) is 1. The number of nitrogens with zero attached hydrogens (tertiary/aromatic N) is 1. The van der Waals surface area contributed by atoms with E-state index in [4.69, 9.17) is 9.47 Å². The molecule has 0 saturated carbocycles. The number of hydrogen-bond acceptors (Lipinski definition) is 4. The molecular weight excluding hydrogens is 317 g/mol. The molecule has 2 rings (SSSR count). The van der Waals surface area contributed by atoms with E-state index in [0.717, 1.165) is 0 Å². The lowest BCUT2D eigenvalue weighted by Gasteiger charge is -2.39. The summed E-state index contributed by atoms with van der Waals surface area (Å²) < 4.78 is 23.6. The first-order valence-electron chi connectivity index (χ1n) is 7.74. The van der Waals surface area contributed by atoms with E-state index < -0.39 is 17.2 Å². The number of halogens is 1. The van der Waals surface area contributed by atoms with E-state index >= 15 is 0 Å². The maximum Gasteiger partial charge on any atom is 0.313 e. The van der Waals surface area contributed by atoms with Crippen molar-refractivity contribution in [2.45, 2.75) is 19.3 Å². The number of likely N-dealkylation sites (tertiary alicyclic amines) is 1. The molecule has 0 bridgehead atoms. The average Bonchev–Trinajstić information content (AvgIpc) is 2.55. The van der Waals surface area contributed by atoms with Gasteiger partial charge in [0.25, 0.3) is 0 Å². The Morgan fingerprint density at radius 3 is 2.75 bits per heavy atom. The van der Waals surface area contributed by atoms with Crippen molar-refractivity contribution in [2.75, 3.05) is 33.9 Å². The van der Waals surface area contributed by atoms with Crippen molar-refractivity contribution in [2.24, 2.45) is 5.41 Å². The average molecular weight is 339 g/mol. The highest BCUT2D eigenvalue weighted by Crippen LogP contribution is 2.31. The quantitative estimate of drug-likeness (QED) is 0.854. The van der Waals surface area contributed by atoms with Crippen molar-refractivity contribution in [1.29, 1.82) is 0 Å². The second kappa shape index (κ2) is 7.61. The Bertz CT molecular complexity index is 617. The molecule has 1 N–H and O–H groups in total. The van der Waals surface area contributed by atoms with Crippen LogP contribution in [0.4, 0.5) is 4.39 Å². The van der Waals surface area contributed by atoms with E-state index in [0.29, 0.717) is 30.7 Å². The number of piperidine rings is 1. The Labute approximate surface area is 140 Å². The van der Waals surface area contributed by atoms with Crippen LogP contribution in [0.2, 0.25) is 0 Å². The van der Waals surface area contributed by atoms with Crippen LogP contribution in [0.1, 0.15) is 18.4 Å². The molecule has 0 aliphatic carbocycles. The van der Waals surface area contributed by atoms with E-state index in [1.807, 2.05) is 0 Å². The number of carbonyl (C=O) groups is 2. The summed E-state index contributed by atoms with van der Waals surface area (Å²) >= 11 is 0. The lowest BCUT2D eigenvalue weighted by molar-refractivity contribution is -0.159. The number of benzene rings is 1. The van der Waals surface area contributed by atoms with Crippen molar-refractivity contribution >= 4 is 11.9 Å². The summed E-state index contributed by atoms with van der Waals surface area (Å²) in [6.07, 6.45) is 1.01. The Hall–Kier alpha value is -2.15. The van der Waals surface area contributed by atoms with Crippen molar-refractivity contribution in [1.82, 2.24) is 4.90 Å². The molecular formula is C17H22FNO5. The first-order valence-corrected chi connectivity index (χ1v) is 7.74. The van der Waals surface area contributed by atoms with Gasteiger partial charge in [-0.1, -0.05) is 0 Å². The molecule has 132 valence electrons. The second-order valence-electron chi connectivity index (χ2n) is 6.07. The standard InChI is InChI=1S/C17H22FNO5/c1-23-11-17(16(21)22)6-3-7-19(10-17)15(20)9-12-8-13(18)4-5-14(12)24-2/h4-5,8H,3,6-7,9-11H2,1-2H3,(H,21,22). The monoisotopic (exact) mass is 339 g/mol. The first-order chi connectivity index (χ1) is 11.4. The fourth-order valence-corrected chi connectivity index (χ4v) is 3.14. The summed E-state index contributed by atoms with van der Waals surface area (Å²) in [7, 11) is 2.90. The van der Waals surface area contributed by atoms with Crippen LogP contribution in [0.3, 0.4) is 0 Å². The lowest BCUT2D eigenvalue weighted by Crippen LogP contribution is -2.52. The largest absolute Gasteiger partial charge is 0.496 e. The van der Waals surface area contributed by atoms with Gasteiger partial charge in [-0.3, -0.25) is 9.59 Å².